The number of allylic oxidation sites excluding steroid dienone is 20. The standard InChI is InChI=1S/C22H34OS.C20H32O.C2H4OS/c1-3-4-5-6-7-8-9-10-11-12-13-14-15-16-17-18-19-20-21-24-22(2)23;1-2-3-4-5-6-7-8-9-10-11-12-13-14-15-16-17-18-19-20-21;1-2(3)4/h4-5,7-8,10-11,13-14,16-17H,3,6,9,12,15,18-21H2,1-2H3;3-4,6-7,9-10,12-13,15-16,21H,2,5,8,11,14,17-20H2,1H3;1H3,(H,3,4)/b5-4-,8-7-,11-10-,14-13-,17-16-;4-3-,7-6-,10-9-,13-12-,16-15-;. The van der Waals surface area contributed by atoms with Crippen molar-refractivity contribution in [3.63, 3.8) is 0 Å². The summed E-state index contributed by atoms with van der Waals surface area (Å²) in [6.45, 7) is 7.65. The number of rotatable bonds is 27. The van der Waals surface area contributed by atoms with Gasteiger partial charge in [-0.1, -0.05) is 147 Å². The zero-order valence-corrected chi connectivity index (χ0v) is 33.1. The topological polar surface area (TPSA) is 54.4 Å². The lowest BCUT2D eigenvalue weighted by molar-refractivity contribution is -0.109. The molecule has 0 saturated heterocycles. The van der Waals surface area contributed by atoms with Crippen LogP contribution in [0, 0.1) is 0 Å². The highest BCUT2D eigenvalue weighted by Crippen LogP contribution is 2.07. The molecule has 3 nitrogen and oxygen atoms in total. The van der Waals surface area contributed by atoms with Gasteiger partial charge in [-0.25, -0.2) is 0 Å². The van der Waals surface area contributed by atoms with Gasteiger partial charge in [0.15, 0.2) is 10.2 Å². The van der Waals surface area contributed by atoms with Crippen LogP contribution >= 0.6 is 24.4 Å². The molecule has 0 bridgehead atoms. The molecule has 0 aliphatic carbocycles. The van der Waals surface area contributed by atoms with Gasteiger partial charge in [0, 0.05) is 26.2 Å². The van der Waals surface area contributed by atoms with E-state index in [9.17, 15) is 9.59 Å². The molecule has 0 rings (SSSR count). The summed E-state index contributed by atoms with van der Waals surface area (Å²) in [5, 5.41) is 8.73. The summed E-state index contributed by atoms with van der Waals surface area (Å²) in [6.07, 6.45) is 61.2. The highest BCUT2D eigenvalue weighted by molar-refractivity contribution is 8.13. The largest absolute Gasteiger partial charge is 0.396 e. The summed E-state index contributed by atoms with van der Waals surface area (Å²) < 4.78 is 0. The fourth-order valence-corrected chi connectivity index (χ4v) is 4.33. The van der Waals surface area contributed by atoms with Crippen molar-refractivity contribution in [1.29, 1.82) is 0 Å². The monoisotopic (exact) mass is 710 g/mol. The van der Waals surface area contributed by atoms with E-state index >= 15 is 0 Å². The first-order chi connectivity index (χ1) is 23.9. The van der Waals surface area contributed by atoms with Crippen molar-refractivity contribution in [2.24, 2.45) is 0 Å². The van der Waals surface area contributed by atoms with Crippen LogP contribution in [-0.2, 0) is 9.59 Å². The maximum absolute atomic E-state index is 10.8. The van der Waals surface area contributed by atoms with E-state index in [2.05, 4.69) is 148 Å². The number of aliphatic hydroxyl groups excluding tert-OH is 1. The molecule has 5 heteroatoms. The maximum atomic E-state index is 10.8. The quantitative estimate of drug-likeness (QED) is 0.0506. The van der Waals surface area contributed by atoms with Crippen LogP contribution in [-0.4, -0.2) is 27.7 Å². The molecular formula is C44H70O3S2. The van der Waals surface area contributed by atoms with Gasteiger partial charge in [-0.05, 0) is 103 Å². The van der Waals surface area contributed by atoms with Crippen LogP contribution in [0.15, 0.2) is 122 Å². The summed E-state index contributed by atoms with van der Waals surface area (Å²) in [7, 11) is 0. The minimum Gasteiger partial charge on any atom is -0.396 e. The van der Waals surface area contributed by atoms with Gasteiger partial charge in [-0.3, -0.25) is 9.59 Å². The van der Waals surface area contributed by atoms with Crippen LogP contribution in [0.3, 0.4) is 0 Å². The van der Waals surface area contributed by atoms with Gasteiger partial charge in [0.05, 0.1) is 0 Å². The molecule has 0 aromatic carbocycles. The average molecular weight is 711 g/mol. The van der Waals surface area contributed by atoms with E-state index in [4.69, 9.17) is 5.11 Å². The smallest absolute Gasteiger partial charge is 0.185 e. The molecular weight excluding hydrogens is 641 g/mol. The first-order valence-electron chi connectivity index (χ1n) is 18.4. The van der Waals surface area contributed by atoms with Crippen molar-refractivity contribution in [3.05, 3.63) is 122 Å². The third kappa shape index (κ3) is 64.5. The summed E-state index contributed by atoms with van der Waals surface area (Å²) in [5.41, 5.74) is 0. The molecule has 0 aromatic heterocycles. The van der Waals surface area contributed by atoms with Crippen LogP contribution in [0.1, 0.15) is 130 Å². The fourth-order valence-electron chi connectivity index (χ4n) is 3.69. The molecule has 0 radical (unpaired) electrons. The molecule has 0 atom stereocenters. The van der Waals surface area contributed by atoms with E-state index < -0.39 is 0 Å². The maximum Gasteiger partial charge on any atom is 0.185 e. The van der Waals surface area contributed by atoms with E-state index in [-0.39, 0.29) is 10.2 Å². The molecule has 1 N–H and O–H groups in total. The molecule has 0 saturated carbocycles. The SMILES string of the molecule is CC(=O)S.CC/C=C\C/C=C\C/C=C\C/C=C\C/C=C\CCCCO.CC/C=C\C/C=C\C/C=C\C/C=C\C/C=C\CCCCSC(C)=O. The zero-order valence-electron chi connectivity index (χ0n) is 31.4. The number of hydrogen-bond acceptors (Lipinski definition) is 4. The first-order valence-corrected chi connectivity index (χ1v) is 19.8. The zero-order chi connectivity index (χ0) is 36.7. The lowest BCUT2D eigenvalue weighted by atomic mass is 10.2. The minimum absolute atomic E-state index is 0.139. The van der Waals surface area contributed by atoms with Crippen molar-refractivity contribution >= 4 is 34.6 Å². The third-order valence-electron chi connectivity index (χ3n) is 6.16. The van der Waals surface area contributed by atoms with E-state index in [1.807, 2.05) is 0 Å². The van der Waals surface area contributed by atoms with E-state index in [0.717, 1.165) is 102 Å². The van der Waals surface area contributed by atoms with Crippen molar-refractivity contribution in [3.8, 4) is 0 Å². The Labute approximate surface area is 312 Å². The number of aliphatic hydroxyl groups is 1. The van der Waals surface area contributed by atoms with Gasteiger partial charge >= 0.3 is 0 Å². The molecule has 0 aliphatic heterocycles. The Hall–Kier alpha value is -2.60. The molecule has 0 unspecified atom stereocenters. The van der Waals surface area contributed by atoms with Crippen molar-refractivity contribution in [1.82, 2.24) is 0 Å². The van der Waals surface area contributed by atoms with Crippen molar-refractivity contribution in [2.45, 2.75) is 130 Å². The van der Waals surface area contributed by atoms with Crippen LogP contribution in [0.5, 0.6) is 0 Å². The normalized spacial score (nSPS) is 12.4. The second kappa shape index (κ2) is 49.8. The number of carbonyl (C=O) groups excluding carboxylic acids is 2. The highest BCUT2D eigenvalue weighted by Gasteiger charge is 1.92. The summed E-state index contributed by atoms with van der Waals surface area (Å²) in [5.74, 6) is 0.958. The Kier molecular flexibility index (Phi) is 51.6. The second-order valence-corrected chi connectivity index (χ2v) is 12.9. The lowest BCUT2D eigenvalue weighted by Gasteiger charge is -1.95. The van der Waals surface area contributed by atoms with Gasteiger partial charge in [0.2, 0.25) is 0 Å². The molecule has 49 heavy (non-hydrogen) atoms. The summed E-state index contributed by atoms with van der Waals surface area (Å²) in [6, 6.07) is 0. The molecule has 0 heterocycles. The van der Waals surface area contributed by atoms with Gasteiger partial charge in [-0.15, -0.1) is 12.6 Å². The number of carbonyl (C=O) groups is 2. The van der Waals surface area contributed by atoms with Crippen molar-refractivity contribution in [2.75, 3.05) is 12.4 Å². The summed E-state index contributed by atoms with van der Waals surface area (Å²) in [4.78, 5) is 20.1. The molecule has 0 spiro atoms. The number of thioether (sulfide) groups is 1. The molecule has 0 amide bonds. The molecule has 0 aromatic rings. The Morgan fingerprint density at radius 1 is 0.469 bits per heavy atom. The molecule has 0 fully saturated rings. The Morgan fingerprint density at radius 3 is 1.00 bits per heavy atom. The third-order valence-corrected chi connectivity index (χ3v) is 7.06. The summed E-state index contributed by atoms with van der Waals surface area (Å²) >= 11 is 4.76. The van der Waals surface area contributed by atoms with E-state index in [1.54, 1.807) is 6.92 Å². The van der Waals surface area contributed by atoms with Crippen molar-refractivity contribution < 1.29 is 14.7 Å². The Bertz CT molecular complexity index is 1000. The van der Waals surface area contributed by atoms with E-state index in [1.165, 1.54) is 25.1 Å². The van der Waals surface area contributed by atoms with Gasteiger partial charge in [0.1, 0.15) is 0 Å². The van der Waals surface area contributed by atoms with Crippen LogP contribution in [0.2, 0.25) is 0 Å². The lowest BCUT2D eigenvalue weighted by Crippen LogP contribution is -1.85. The predicted molar refractivity (Wildman–Crippen MR) is 227 cm³/mol. The number of thiol groups is 1. The van der Waals surface area contributed by atoms with Gasteiger partial charge < -0.3 is 5.11 Å². The average Bonchev–Trinajstić information content (AvgIpc) is 3.07. The van der Waals surface area contributed by atoms with E-state index in [0.29, 0.717) is 6.61 Å². The second-order valence-electron chi connectivity index (χ2n) is 11.0. The number of unbranched alkanes of at least 4 members (excludes halogenated alkanes) is 4. The molecule has 276 valence electrons. The highest BCUT2D eigenvalue weighted by atomic mass is 32.2. The first kappa shape index (κ1) is 50.8. The van der Waals surface area contributed by atoms with Crippen LogP contribution < -0.4 is 0 Å². The predicted octanol–water partition coefficient (Wildman–Crippen LogP) is 13.6. The fraction of sp³-hybridized carbons (Fsp3) is 0.500. The minimum atomic E-state index is -0.139. The number of hydrogen-bond donors (Lipinski definition) is 2. The van der Waals surface area contributed by atoms with Crippen LogP contribution in [0.4, 0.5) is 0 Å². The Morgan fingerprint density at radius 2 is 0.735 bits per heavy atom. The molecule has 0 aliphatic rings. The Balaban J connectivity index is -0.000000782. The van der Waals surface area contributed by atoms with Gasteiger partial charge in [-0.2, -0.15) is 0 Å². The van der Waals surface area contributed by atoms with Gasteiger partial charge in [0.25, 0.3) is 0 Å². The van der Waals surface area contributed by atoms with Crippen LogP contribution in [0.25, 0.3) is 0 Å².